The number of hydrogen-bond acceptors (Lipinski definition) is 7. The maximum atomic E-state index is 12.0. The van der Waals surface area contributed by atoms with Crippen LogP contribution < -0.4 is 16.0 Å². The summed E-state index contributed by atoms with van der Waals surface area (Å²) < 4.78 is 0. The monoisotopic (exact) mass is 398 g/mol. The van der Waals surface area contributed by atoms with E-state index >= 15 is 0 Å². The van der Waals surface area contributed by atoms with Crippen molar-refractivity contribution in [2.45, 2.75) is 0 Å². The van der Waals surface area contributed by atoms with Gasteiger partial charge >= 0.3 is 0 Å². The molecule has 28 heavy (non-hydrogen) atoms. The second kappa shape index (κ2) is 8.31. The molecule has 2 aromatic carbocycles. The summed E-state index contributed by atoms with van der Waals surface area (Å²) in [5.74, 6) is 0.203. The van der Waals surface area contributed by atoms with Gasteiger partial charge in [0.1, 0.15) is 5.02 Å². The van der Waals surface area contributed by atoms with Crippen molar-refractivity contribution in [3.63, 3.8) is 0 Å². The van der Waals surface area contributed by atoms with Gasteiger partial charge in [-0.15, -0.1) is 0 Å². The average molecular weight is 399 g/mol. The molecular weight excluding hydrogens is 384 g/mol. The van der Waals surface area contributed by atoms with Gasteiger partial charge in [0.15, 0.2) is 5.82 Å². The summed E-state index contributed by atoms with van der Waals surface area (Å²) in [5.41, 5.74) is 1.33. The van der Waals surface area contributed by atoms with E-state index in [0.29, 0.717) is 16.9 Å². The predicted octanol–water partition coefficient (Wildman–Crippen LogP) is 3.89. The molecule has 10 heteroatoms. The molecule has 0 atom stereocenters. The third-order valence-electron chi connectivity index (χ3n) is 3.71. The minimum Gasteiger partial charge on any atom is -0.355 e. The van der Waals surface area contributed by atoms with Crippen LogP contribution in [0.4, 0.5) is 28.8 Å². The fourth-order valence-corrected chi connectivity index (χ4v) is 2.53. The Labute approximate surface area is 164 Å². The second-order valence-corrected chi connectivity index (χ2v) is 5.98. The number of halogens is 1. The van der Waals surface area contributed by atoms with Gasteiger partial charge in [0, 0.05) is 24.9 Å². The van der Waals surface area contributed by atoms with Crippen LogP contribution in [-0.2, 0) is 0 Å². The summed E-state index contributed by atoms with van der Waals surface area (Å²) in [6.07, 6.45) is 1.39. The highest BCUT2D eigenvalue weighted by Crippen LogP contribution is 2.27. The predicted molar refractivity (Wildman–Crippen MR) is 107 cm³/mol. The number of anilines is 4. The van der Waals surface area contributed by atoms with Crippen LogP contribution in [0.2, 0.25) is 5.02 Å². The number of non-ortho nitro benzene ring substituents is 1. The van der Waals surface area contributed by atoms with Crippen LogP contribution in [0.3, 0.4) is 0 Å². The van der Waals surface area contributed by atoms with Crippen molar-refractivity contribution in [1.82, 2.24) is 15.3 Å². The highest BCUT2D eigenvalue weighted by atomic mass is 35.5. The van der Waals surface area contributed by atoms with Gasteiger partial charge < -0.3 is 16.0 Å². The van der Waals surface area contributed by atoms with E-state index in [9.17, 15) is 14.9 Å². The molecule has 0 radical (unpaired) electrons. The Bertz CT molecular complexity index is 1040. The van der Waals surface area contributed by atoms with Crippen LogP contribution in [0, 0.1) is 10.1 Å². The first-order valence-corrected chi connectivity index (χ1v) is 8.48. The highest BCUT2D eigenvalue weighted by Gasteiger charge is 2.13. The average Bonchev–Trinajstić information content (AvgIpc) is 2.70. The molecule has 0 saturated carbocycles. The lowest BCUT2D eigenvalue weighted by Crippen LogP contribution is -2.19. The molecule has 1 heterocycles. The van der Waals surface area contributed by atoms with E-state index in [2.05, 4.69) is 25.9 Å². The first kappa shape index (κ1) is 19.1. The quantitative estimate of drug-likeness (QED) is 0.425. The standard InChI is InChI=1S/C18H15ClN6O3/c1-20-17(26)13-7-2-3-8-15(13)23-16-14(19)10-21-18(24-16)22-11-5-4-6-12(9-11)25(27)28/h2-10H,1H3,(H,20,26)(H2,21,22,23,24). The van der Waals surface area contributed by atoms with Crippen LogP contribution in [0.1, 0.15) is 10.4 Å². The van der Waals surface area contributed by atoms with Crippen molar-refractivity contribution in [1.29, 1.82) is 0 Å². The van der Waals surface area contributed by atoms with E-state index in [1.807, 2.05) is 0 Å². The molecule has 0 spiro atoms. The minimum atomic E-state index is -0.489. The number of nitro benzene ring substituents is 1. The van der Waals surface area contributed by atoms with E-state index in [1.54, 1.807) is 36.4 Å². The number of amides is 1. The molecular formula is C18H15ClN6O3. The molecule has 1 aromatic heterocycles. The molecule has 9 nitrogen and oxygen atoms in total. The van der Waals surface area contributed by atoms with Gasteiger partial charge in [0.05, 0.1) is 22.4 Å². The summed E-state index contributed by atoms with van der Waals surface area (Å²) in [4.78, 5) is 30.8. The number of carbonyl (C=O) groups is 1. The fraction of sp³-hybridized carbons (Fsp3) is 0.0556. The minimum absolute atomic E-state index is 0.0585. The molecule has 3 N–H and O–H groups in total. The Hall–Kier alpha value is -3.72. The number of nitrogens with zero attached hydrogens (tertiary/aromatic N) is 3. The zero-order valence-corrected chi connectivity index (χ0v) is 15.4. The molecule has 0 aliphatic carbocycles. The smallest absolute Gasteiger partial charge is 0.271 e. The van der Waals surface area contributed by atoms with Crippen molar-refractivity contribution in [3.05, 3.63) is 75.4 Å². The summed E-state index contributed by atoms with van der Waals surface area (Å²) >= 11 is 6.18. The molecule has 0 aliphatic heterocycles. The zero-order chi connectivity index (χ0) is 20.1. The van der Waals surface area contributed by atoms with Crippen molar-refractivity contribution in [3.8, 4) is 0 Å². The Morgan fingerprint density at radius 3 is 2.68 bits per heavy atom. The fourth-order valence-electron chi connectivity index (χ4n) is 2.39. The van der Waals surface area contributed by atoms with Crippen molar-refractivity contribution in [2.24, 2.45) is 0 Å². The number of para-hydroxylation sites is 1. The lowest BCUT2D eigenvalue weighted by Gasteiger charge is -2.12. The van der Waals surface area contributed by atoms with Crippen molar-refractivity contribution in [2.75, 3.05) is 17.7 Å². The summed E-state index contributed by atoms with van der Waals surface area (Å²) in [5, 5.41) is 19.6. The Morgan fingerprint density at radius 2 is 1.93 bits per heavy atom. The molecule has 0 bridgehead atoms. The molecule has 0 unspecified atom stereocenters. The van der Waals surface area contributed by atoms with Crippen LogP contribution >= 0.6 is 11.6 Å². The van der Waals surface area contributed by atoms with E-state index in [-0.39, 0.29) is 28.4 Å². The molecule has 3 rings (SSSR count). The Balaban J connectivity index is 1.88. The third kappa shape index (κ3) is 4.33. The zero-order valence-electron chi connectivity index (χ0n) is 14.6. The van der Waals surface area contributed by atoms with Crippen LogP contribution in [0.5, 0.6) is 0 Å². The van der Waals surface area contributed by atoms with Gasteiger partial charge in [-0.25, -0.2) is 4.98 Å². The van der Waals surface area contributed by atoms with Crippen LogP contribution in [0.15, 0.2) is 54.7 Å². The summed E-state index contributed by atoms with van der Waals surface area (Å²) in [6.45, 7) is 0. The number of aromatic nitrogens is 2. The SMILES string of the molecule is CNC(=O)c1ccccc1Nc1nc(Nc2cccc([N+](=O)[O-])c2)ncc1Cl. The molecule has 0 aliphatic rings. The number of nitrogens with one attached hydrogen (secondary N) is 3. The maximum Gasteiger partial charge on any atom is 0.271 e. The number of benzene rings is 2. The number of hydrogen-bond donors (Lipinski definition) is 3. The van der Waals surface area contributed by atoms with Crippen molar-refractivity contribution < 1.29 is 9.72 Å². The van der Waals surface area contributed by atoms with E-state index in [4.69, 9.17) is 11.6 Å². The molecule has 0 fully saturated rings. The Morgan fingerprint density at radius 1 is 1.14 bits per heavy atom. The van der Waals surface area contributed by atoms with Gasteiger partial charge in [-0.05, 0) is 18.2 Å². The topological polar surface area (TPSA) is 122 Å². The number of rotatable bonds is 6. The summed E-state index contributed by atoms with van der Waals surface area (Å²) in [6, 6.07) is 12.9. The lowest BCUT2D eigenvalue weighted by molar-refractivity contribution is -0.384. The van der Waals surface area contributed by atoms with Crippen LogP contribution in [0.25, 0.3) is 0 Å². The van der Waals surface area contributed by atoms with E-state index in [1.165, 1.54) is 25.4 Å². The normalized spacial score (nSPS) is 10.2. The molecule has 0 saturated heterocycles. The maximum absolute atomic E-state index is 12.0. The van der Waals surface area contributed by atoms with E-state index < -0.39 is 4.92 Å². The second-order valence-electron chi connectivity index (χ2n) is 5.57. The van der Waals surface area contributed by atoms with Gasteiger partial charge in [0.25, 0.3) is 11.6 Å². The molecule has 1 amide bonds. The first-order valence-electron chi connectivity index (χ1n) is 8.10. The number of nitro groups is 1. The lowest BCUT2D eigenvalue weighted by atomic mass is 10.1. The van der Waals surface area contributed by atoms with Gasteiger partial charge in [0.2, 0.25) is 5.95 Å². The Kier molecular flexibility index (Phi) is 5.66. The molecule has 142 valence electrons. The van der Waals surface area contributed by atoms with Gasteiger partial charge in [-0.3, -0.25) is 14.9 Å². The van der Waals surface area contributed by atoms with Crippen LogP contribution in [-0.4, -0.2) is 27.8 Å². The highest BCUT2D eigenvalue weighted by molar-refractivity contribution is 6.33. The first-order chi connectivity index (χ1) is 13.5. The van der Waals surface area contributed by atoms with Crippen molar-refractivity contribution >= 4 is 46.3 Å². The van der Waals surface area contributed by atoms with E-state index in [0.717, 1.165) is 0 Å². The van der Waals surface area contributed by atoms with Gasteiger partial charge in [-0.2, -0.15) is 4.98 Å². The molecule has 3 aromatic rings. The largest absolute Gasteiger partial charge is 0.355 e. The third-order valence-corrected chi connectivity index (χ3v) is 3.99. The number of carbonyl (C=O) groups excluding carboxylic acids is 1. The van der Waals surface area contributed by atoms with Gasteiger partial charge in [-0.1, -0.05) is 29.8 Å². The summed E-state index contributed by atoms with van der Waals surface area (Å²) in [7, 11) is 1.54.